The van der Waals surface area contributed by atoms with Crippen molar-refractivity contribution in [2.24, 2.45) is 5.41 Å². The number of rotatable bonds is 10. The van der Waals surface area contributed by atoms with Crippen molar-refractivity contribution in [3.63, 3.8) is 0 Å². The van der Waals surface area contributed by atoms with Crippen LogP contribution in [0.15, 0.2) is 91.0 Å². The normalized spacial score (nSPS) is 19.8. The molecule has 5 rings (SSSR count). The molecule has 0 aliphatic carbocycles. The largest absolute Gasteiger partial charge is 0.345 e. The molecule has 0 radical (unpaired) electrons. The molecule has 1 saturated heterocycles. The molecule has 2 heterocycles. The highest BCUT2D eigenvalue weighted by Crippen LogP contribution is 2.37. The summed E-state index contributed by atoms with van der Waals surface area (Å²) >= 11 is 0. The zero-order valence-electron chi connectivity index (χ0n) is 21.9. The van der Waals surface area contributed by atoms with Gasteiger partial charge in [-0.05, 0) is 32.0 Å². The van der Waals surface area contributed by atoms with Crippen molar-refractivity contribution in [2.45, 2.75) is 39.0 Å². The Hall–Kier alpha value is -3.25. The molecule has 0 bridgehead atoms. The molecule has 0 saturated carbocycles. The van der Waals surface area contributed by atoms with Gasteiger partial charge in [-0.2, -0.15) is 0 Å². The lowest BCUT2D eigenvalue weighted by Crippen LogP contribution is -2.36. The molecule has 4 aromatic rings. The van der Waals surface area contributed by atoms with Crippen LogP contribution in [0.4, 0.5) is 0 Å². The van der Waals surface area contributed by atoms with E-state index in [-0.39, 0.29) is 5.41 Å². The quantitative estimate of drug-likeness (QED) is 0.239. The van der Waals surface area contributed by atoms with Crippen LogP contribution in [0.25, 0.3) is 22.5 Å². The number of nitrogens with zero attached hydrogens (tertiary/aromatic N) is 2. The Morgan fingerprint density at radius 2 is 1.43 bits per heavy atom. The van der Waals surface area contributed by atoms with Gasteiger partial charge in [-0.3, -0.25) is 0 Å². The summed E-state index contributed by atoms with van der Waals surface area (Å²) in [5.41, 5.74) is 5.45. The van der Waals surface area contributed by atoms with Gasteiger partial charge >= 0.3 is 0 Å². The van der Waals surface area contributed by atoms with E-state index < -0.39 is 6.29 Å². The van der Waals surface area contributed by atoms with Crippen LogP contribution in [0.2, 0.25) is 0 Å². The highest BCUT2D eigenvalue weighted by atomic mass is 16.7. The van der Waals surface area contributed by atoms with Gasteiger partial charge in [-0.1, -0.05) is 104 Å². The fourth-order valence-corrected chi connectivity index (χ4v) is 4.98. The fraction of sp³-hybridized carbons (Fsp3) is 0.344. The second-order valence-corrected chi connectivity index (χ2v) is 10.5. The van der Waals surface area contributed by atoms with Crippen molar-refractivity contribution in [1.82, 2.24) is 14.9 Å². The smallest absolute Gasteiger partial charge is 0.217 e. The number of hydrogen-bond donors (Lipinski definition) is 1. The minimum absolute atomic E-state index is 0.0195. The molecular weight excluding hydrogens is 458 g/mol. The van der Waals surface area contributed by atoms with Crippen molar-refractivity contribution < 1.29 is 9.47 Å². The molecule has 192 valence electrons. The van der Waals surface area contributed by atoms with Crippen LogP contribution in [0.3, 0.4) is 0 Å². The van der Waals surface area contributed by atoms with Crippen LogP contribution >= 0.6 is 0 Å². The lowest BCUT2D eigenvalue weighted by Gasteiger charge is -2.36. The molecule has 37 heavy (non-hydrogen) atoms. The highest BCUT2D eigenvalue weighted by molar-refractivity contribution is 5.78. The summed E-state index contributed by atoms with van der Waals surface area (Å²) in [6.45, 7) is 5.68. The Bertz CT molecular complexity index is 1180. The van der Waals surface area contributed by atoms with Crippen molar-refractivity contribution >= 4 is 0 Å². The van der Waals surface area contributed by atoms with Crippen molar-refractivity contribution in [3.05, 3.63) is 102 Å². The van der Waals surface area contributed by atoms with Gasteiger partial charge in [0.15, 0.2) is 5.82 Å². The van der Waals surface area contributed by atoms with Crippen LogP contribution in [-0.2, 0) is 16.0 Å². The lowest BCUT2D eigenvalue weighted by molar-refractivity contribution is -0.235. The zero-order chi connectivity index (χ0) is 25.5. The molecule has 5 heteroatoms. The van der Waals surface area contributed by atoms with E-state index >= 15 is 0 Å². The molecule has 0 unspecified atom stereocenters. The van der Waals surface area contributed by atoms with Gasteiger partial charge in [0.1, 0.15) is 0 Å². The van der Waals surface area contributed by atoms with E-state index in [0.717, 1.165) is 54.3 Å². The third-order valence-electron chi connectivity index (χ3n) is 7.09. The van der Waals surface area contributed by atoms with E-state index in [1.807, 2.05) is 36.4 Å². The van der Waals surface area contributed by atoms with E-state index in [1.54, 1.807) is 0 Å². The summed E-state index contributed by atoms with van der Waals surface area (Å²) in [7, 11) is 2.20. The Kier molecular flexibility index (Phi) is 8.15. The number of unbranched alkanes of at least 4 members (excludes halogenated alkanes) is 1. The van der Waals surface area contributed by atoms with Gasteiger partial charge in [0.25, 0.3) is 0 Å². The summed E-state index contributed by atoms with van der Waals surface area (Å²) < 4.78 is 12.5. The summed E-state index contributed by atoms with van der Waals surface area (Å²) in [6.07, 6.45) is 2.93. The maximum Gasteiger partial charge on any atom is 0.217 e. The first-order chi connectivity index (χ1) is 18.1. The van der Waals surface area contributed by atoms with Crippen molar-refractivity contribution in [2.75, 3.05) is 26.8 Å². The van der Waals surface area contributed by atoms with Gasteiger partial charge in [0.2, 0.25) is 6.29 Å². The van der Waals surface area contributed by atoms with Gasteiger partial charge in [0, 0.05) is 23.1 Å². The molecule has 1 N–H and O–H groups in total. The number of imidazole rings is 1. The van der Waals surface area contributed by atoms with Crippen LogP contribution in [-0.4, -0.2) is 41.7 Å². The number of hydrogen-bond acceptors (Lipinski definition) is 4. The SMILES string of the molecule is CN(CCCCC1(C)COC(c2nc(-c3ccccc3)c(-c3ccccc3)[nH]2)OC1)Cc1ccccc1. The number of ether oxygens (including phenoxy) is 2. The molecule has 3 aromatic carbocycles. The topological polar surface area (TPSA) is 50.4 Å². The third kappa shape index (κ3) is 6.55. The first-order valence-corrected chi connectivity index (χ1v) is 13.3. The summed E-state index contributed by atoms with van der Waals surface area (Å²) in [5, 5.41) is 0. The highest BCUT2D eigenvalue weighted by Gasteiger charge is 2.34. The minimum atomic E-state index is -0.481. The molecule has 1 aliphatic rings. The molecule has 0 atom stereocenters. The predicted octanol–water partition coefficient (Wildman–Crippen LogP) is 7.10. The van der Waals surface area contributed by atoms with E-state index in [4.69, 9.17) is 14.5 Å². The Morgan fingerprint density at radius 1 is 0.838 bits per heavy atom. The minimum Gasteiger partial charge on any atom is -0.345 e. The molecule has 1 fully saturated rings. The van der Waals surface area contributed by atoms with Crippen LogP contribution in [0, 0.1) is 5.41 Å². The van der Waals surface area contributed by atoms with Crippen molar-refractivity contribution in [1.29, 1.82) is 0 Å². The second kappa shape index (κ2) is 11.9. The van der Waals surface area contributed by atoms with Crippen molar-refractivity contribution in [3.8, 4) is 22.5 Å². The summed E-state index contributed by atoms with van der Waals surface area (Å²) in [5.74, 6) is 0.724. The first-order valence-electron chi connectivity index (χ1n) is 13.3. The molecule has 0 amide bonds. The molecular formula is C32H37N3O2. The van der Waals surface area contributed by atoms with E-state index in [2.05, 4.69) is 78.5 Å². The first kappa shape index (κ1) is 25.4. The van der Waals surface area contributed by atoms with E-state index in [9.17, 15) is 0 Å². The van der Waals surface area contributed by atoms with Gasteiger partial charge in [-0.25, -0.2) is 4.98 Å². The number of benzene rings is 3. The standard InChI is InChI=1S/C32H37N3O2/c1-32(20-12-13-21-35(2)22-25-14-6-3-7-15-25)23-36-31(37-24-32)30-33-28(26-16-8-4-9-17-26)29(34-30)27-18-10-5-11-19-27/h3-11,14-19,31H,12-13,20-24H2,1-2H3,(H,33,34). The number of aromatic nitrogens is 2. The zero-order valence-corrected chi connectivity index (χ0v) is 21.9. The number of H-pyrrole nitrogens is 1. The summed E-state index contributed by atoms with van der Waals surface area (Å²) in [4.78, 5) is 10.9. The molecule has 1 aromatic heterocycles. The van der Waals surface area contributed by atoms with Gasteiger partial charge < -0.3 is 19.4 Å². The summed E-state index contributed by atoms with van der Waals surface area (Å²) in [6, 6.07) is 31.2. The third-order valence-corrected chi connectivity index (χ3v) is 7.09. The monoisotopic (exact) mass is 495 g/mol. The Labute approximate surface area is 220 Å². The maximum atomic E-state index is 6.25. The van der Waals surface area contributed by atoms with Gasteiger partial charge in [0.05, 0.1) is 24.6 Å². The van der Waals surface area contributed by atoms with Crippen LogP contribution in [0.1, 0.15) is 43.9 Å². The van der Waals surface area contributed by atoms with E-state index in [1.165, 1.54) is 12.0 Å². The number of aromatic amines is 1. The van der Waals surface area contributed by atoms with E-state index in [0.29, 0.717) is 13.2 Å². The average Bonchev–Trinajstić information content (AvgIpc) is 3.39. The average molecular weight is 496 g/mol. The Morgan fingerprint density at radius 3 is 2.08 bits per heavy atom. The molecule has 5 nitrogen and oxygen atoms in total. The molecule has 1 aliphatic heterocycles. The van der Waals surface area contributed by atoms with Crippen LogP contribution in [0.5, 0.6) is 0 Å². The fourth-order valence-electron chi connectivity index (χ4n) is 4.98. The second-order valence-electron chi connectivity index (χ2n) is 10.5. The van der Waals surface area contributed by atoms with Crippen LogP contribution < -0.4 is 0 Å². The lowest BCUT2D eigenvalue weighted by atomic mass is 9.86. The Balaban J connectivity index is 1.17. The predicted molar refractivity (Wildman–Crippen MR) is 149 cm³/mol. The maximum absolute atomic E-state index is 6.25. The number of nitrogens with one attached hydrogen (secondary N) is 1. The van der Waals surface area contributed by atoms with Gasteiger partial charge in [-0.15, -0.1) is 0 Å². The molecule has 0 spiro atoms.